The van der Waals surface area contributed by atoms with E-state index in [1.807, 2.05) is 0 Å². The predicted molar refractivity (Wildman–Crippen MR) is 58.5 cm³/mol. The lowest BCUT2D eigenvalue weighted by atomic mass is 10.1. The van der Waals surface area contributed by atoms with Crippen molar-refractivity contribution in [3.05, 3.63) is 0 Å². The van der Waals surface area contributed by atoms with Crippen molar-refractivity contribution in [1.29, 1.82) is 0 Å². The minimum absolute atomic E-state index is 0.0931. The Hall–Kier alpha value is -0.570. The first-order valence-electron chi connectivity index (χ1n) is 5.70. The zero-order chi connectivity index (χ0) is 10.6. The van der Waals surface area contributed by atoms with Crippen LogP contribution in [-0.2, 0) is 4.79 Å². The van der Waals surface area contributed by atoms with Crippen LogP contribution in [0, 0.1) is 0 Å². The molecule has 0 radical (unpaired) electrons. The topological polar surface area (TPSA) is 49.3 Å². The van der Waals surface area contributed by atoms with Crippen molar-refractivity contribution < 1.29 is 9.90 Å². The second-order valence-electron chi connectivity index (χ2n) is 3.69. The zero-order valence-corrected chi connectivity index (χ0v) is 9.22. The lowest BCUT2D eigenvalue weighted by molar-refractivity contribution is -0.135. The molecule has 0 heterocycles. The smallest absolute Gasteiger partial charge is 0.317 e. The molecule has 0 aromatic carbocycles. The number of hydrogen-bond acceptors (Lipinski definition) is 2. The number of unbranched alkanes of at least 4 members (excludes halogenated alkanes) is 6. The van der Waals surface area contributed by atoms with Crippen LogP contribution in [0.1, 0.15) is 51.9 Å². The van der Waals surface area contributed by atoms with Gasteiger partial charge in [0.05, 0.1) is 6.54 Å². The maximum atomic E-state index is 10.1. The average Bonchev–Trinajstić information content (AvgIpc) is 2.15. The summed E-state index contributed by atoms with van der Waals surface area (Å²) in [6, 6.07) is 0. The van der Waals surface area contributed by atoms with Gasteiger partial charge in [0.1, 0.15) is 0 Å². The van der Waals surface area contributed by atoms with Gasteiger partial charge < -0.3 is 10.4 Å². The molecule has 0 saturated heterocycles. The van der Waals surface area contributed by atoms with Crippen LogP contribution in [0.15, 0.2) is 0 Å². The number of rotatable bonds is 10. The fourth-order valence-electron chi connectivity index (χ4n) is 1.40. The van der Waals surface area contributed by atoms with Gasteiger partial charge in [0, 0.05) is 0 Å². The van der Waals surface area contributed by atoms with Crippen LogP contribution < -0.4 is 5.32 Å². The molecule has 0 spiro atoms. The van der Waals surface area contributed by atoms with Gasteiger partial charge in [-0.3, -0.25) is 4.79 Å². The Morgan fingerprint density at radius 2 is 1.64 bits per heavy atom. The Labute approximate surface area is 86.9 Å². The summed E-state index contributed by atoms with van der Waals surface area (Å²) in [4.78, 5) is 10.1. The first kappa shape index (κ1) is 13.4. The van der Waals surface area contributed by atoms with Crippen LogP contribution >= 0.6 is 0 Å². The van der Waals surface area contributed by atoms with Gasteiger partial charge in [-0.2, -0.15) is 0 Å². The summed E-state index contributed by atoms with van der Waals surface area (Å²) in [6.45, 7) is 3.14. The summed E-state index contributed by atoms with van der Waals surface area (Å²) in [5.41, 5.74) is 0. The lowest BCUT2D eigenvalue weighted by Gasteiger charge is -2.01. The van der Waals surface area contributed by atoms with Gasteiger partial charge in [-0.1, -0.05) is 45.4 Å². The standard InChI is InChI=1S/C11H23NO2/c1-2-3-4-5-6-7-8-9-12-10-11(13)14/h12H,2-10H2,1H3,(H,13,14). The maximum Gasteiger partial charge on any atom is 0.317 e. The molecule has 0 saturated carbocycles. The molecule has 14 heavy (non-hydrogen) atoms. The van der Waals surface area contributed by atoms with E-state index >= 15 is 0 Å². The summed E-state index contributed by atoms with van der Waals surface area (Å²) in [7, 11) is 0. The van der Waals surface area contributed by atoms with Crippen molar-refractivity contribution in [2.45, 2.75) is 51.9 Å². The largest absolute Gasteiger partial charge is 0.480 e. The highest BCUT2D eigenvalue weighted by Gasteiger charge is 1.94. The van der Waals surface area contributed by atoms with Gasteiger partial charge in [0.25, 0.3) is 0 Å². The third-order valence-electron chi connectivity index (χ3n) is 2.23. The molecule has 0 rings (SSSR count). The molecule has 84 valence electrons. The van der Waals surface area contributed by atoms with Crippen molar-refractivity contribution in [3.8, 4) is 0 Å². The molecule has 0 amide bonds. The molecule has 0 unspecified atom stereocenters. The molecule has 0 aliphatic rings. The highest BCUT2D eigenvalue weighted by atomic mass is 16.4. The second kappa shape index (κ2) is 10.5. The quantitative estimate of drug-likeness (QED) is 0.534. The highest BCUT2D eigenvalue weighted by Crippen LogP contribution is 2.05. The van der Waals surface area contributed by atoms with Gasteiger partial charge >= 0.3 is 5.97 Å². The van der Waals surface area contributed by atoms with Crippen molar-refractivity contribution in [2.75, 3.05) is 13.1 Å². The first-order chi connectivity index (χ1) is 6.77. The molecule has 0 aromatic rings. The number of carboxylic acids is 1. The van der Waals surface area contributed by atoms with Crippen molar-refractivity contribution >= 4 is 5.97 Å². The van der Waals surface area contributed by atoms with E-state index in [2.05, 4.69) is 12.2 Å². The van der Waals surface area contributed by atoms with Crippen LogP contribution in [0.3, 0.4) is 0 Å². The Morgan fingerprint density at radius 1 is 1.07 bits per heavy atom. The molecular weight excluding hydrogens is 178 g/mol. The summed E-state index contributed by atoms with van der Waals surface area (Å²) in [5, 5.41) is 11.2. The van der Waals surface area contributed by atoms with Gasteiger partial charge in [-0.05, 0) is 13.0 Å². The molecule has 0 aliphatic heterocycles. The summed E-state index contributed by atoms with van der Waals surface area (Å²) in [5.74, 6) is -0.770. The Kier molecular flexibility index (Phi) is 10.1. The second-order valence-corrected chi connectivity index (χ2v) is 3.69. The minimum atomic E-state index is -0.770. The van der Waals surface area contributed by atoms with E-state index in [9.17, 15) is 4.79 Å². The first-order valence-corrected chi connectivity index (χ1v) is 5.70. The number of nitrogens with one attached hydrogen (secondary N) is 1. The lowest BCUT2D eigenvalue weighted by Crippen LogP contribution is -2.23. The molecule has 0 aromatic heterocycles. The third kappa shape index (κ3) is 11.4. The summed E-state index contributed by atoms with van der Waals surface area (Å²) >= 11 is 0. The SMILES string of the molecule is CCCCCCCCCNCC(=O)O. The Bertz CT molecular complexity index is 137. The number of hydrogen-bond donors (Lipinski definition) is 2. The monoisotopic (exact) mass is 201 g/mol. The van der Waals surface area contributed by atoms with Crippen LogP contribution in [0.4, 0.5) is 0 Å². The van der Waals surface area contributed by atoms with Gasteiger partial charge in [0.15, 0.2) is 0 Å². The number of carboxylic acid groups (broad SMARTS) is 1. The van der Waals surface area contributed by atoms with Crippen molar-refractivity contribution in [3.63, 3.8) is 0 Å². The van der Waals surface area contributed by atoms with Crippen LogP contribution in [-0.4, -0.2) is 24.2 Å². The molecule has 0 atom stereocenters. The van der Waals surface area contributed by atoms with E-state index in [0.29, 0.717) is 0 Å². The highest BCUT2D eigenvalue weighted by molar-refractivity contribution is 5.68. The van der Waals surface area contributed by atoms with Gasteiger partial charge in [0.2, 0.25) is 0 Å². The predicted octanol–water partition coefficient (Wildman–Crippen LogP) is 2.41. The molecule has 3 nitrogen and oxygen atoms in total. The van der Waals surface area contributed by atoms with Crippen LogP contribution in [0.5, 0.6) is 0 Å². The molecule has 2 N–H and O–H groups in total. The molecule has 0 fully saturated rings. The van der Waals surface area contributed by atoms with E-state index < -0.39 is 5.97 Å². The average molecular weight is 201 g/mol. The molecule has 0 bridgehead atoms. The zero-order valence-electron chi connectivity index (χ0n) is 9.22. The summed E-state index contributed by atoms with van der Waals surface area (Å²) in [6.07, 6.45) is 8.91. The normalized spacial score (nSPS) is 10.4. The fraction of sp³-hybridized carbons (Fsp3) is 0.909. The third-order valence-corrected chi connectivity index (χ3v) is 2.23. The molecule has 0 aliphatic carbocycles. The fourth-order valence-corrected chi connectivity index (χ4v) is 1.40. The van der Waals surface area contributed by atoms with Gasteiger partial charge in [-0.25, -0.2) is 0 Å². The van der Waals surface area contributed by atoms with Crippen molar-refractivity contribution in [2.24, 2.45) is 0 Å². The van der Waals surface area contributed by atoms with Crippen LogP contribution in [0.25, 0.3) is 0 Å². The Morgan fingerprint density at radius 3 is 2.21 bits per heavy atom. The Balaban J connectivity index is 2.88. The maximum absolute atomic E-state index is 10.1. The van der Waals surface area contributed by atoms with E-state index in [1.54, 1.807) is 0 Å². The van der Waals surface area contributed by atoms with E-state index in [4.69, 9.17) is 5.11 Å². The van der Waals surface area contributed by atoms with E-state index in [1.165, 1.54) is 38.5 Å². The number of aliphatic carboxylic acids is 1. The van der Waals surface area contributed by atoms with E-state index in [-0.39, 0.29) is 6.54 Å². The molecular formula is C11H23NO2. The number of carbonyl (C=O) groups is 1. The van der Waals surface area contributed by atoms with Crippen molar-refractivity contribution in [1.82, 2.24) is 5.32 Å². The minimum Gasteiger partial charge on any atom is -0.480 e. The van der Waals surface area contributed by atoms with Crippen LogP contribution in [0.2, 0.25) is 0 Å². The summed E-state index contributed by atoms with van der Waals surface area (Å²) < 4.78 is 0. The van der Waals surface area contributed by atoms with Gasteiger partial charge in [-0.15, -0.1) is 0 Å². The molecule has 3 heteroatoms. The van der Waals surface area contributed by atoms with E-state index in [0.717, 1.165) is 13.0 Å².